The first-order chi connectivity index (χ1) is 12.9. The molecule has 0 saturated heterocycles. The zero-order chi connectivity index (χ0) is 18.5. The second-order valence-corrected chi connectivity index (χ2v) is 8.09. The molecule has 1 heterocycles. The number of hydrogen-bond donors (Lipinski definition) is 2. The molecular weight excluding hydrogens is 445 g/mol. The van der Waals surface area contributed by atoms with Crippen molar-refractivity contribution >= 4 is 29.9 Å². The highest BCUT2D eigenvalue weighted by Crippen LogP contribution is 2.13. The quantitative estimate of drug-likeness (QED) is 0.166. The second kappa shape index (κ2) is 22.3. The van der Waals surface area contributed by atoms with Crippen LogP contribution in [0.1, 0.15) is 122 Å². The molecule has 0 atom stereocenters. The lowest BCUT2D eigenvalue weighted by atomic mass is 10.0. The molecule has 0 saturated carbocycles. The van der Waals surface area contributed by atoms with E-state index in [0.717, 1.165) is 25.6 Å². The first kappa shape index (κ1) is 27.0. The Morgan fingerprint density at radius 1 is 0.704 bits per heavy atom. The molecular formula is C23H48IN3. The molecule has 0 fully saturated rings. The maximum Gasteiger partial charge on any atom is 0.191 e. The minimum atomic E-state index is 0. The lowest BCUT2D eigenvalue weighted by Crippen LogP contribution is -2.37. The van der Waals surface area contributed by atoms with Crippen LogP contribution in [0, 0.1) is 0 Å². The largest absolute Gasteiger partial charge is 0.356 e. The molecule has 1 aliphatic heterocycles. The maximum atomic E-state index is 4.53. The molecule has 0 bridgehead atoms. The Hall–Kier alpha value is 0. The monoisotopic (exact) mass is 493 g/mol. The van der Waals surface area contributed by atoms with Crippen molar-refractivity contribution in [2.75, 3.05) is 19.6 Å². The molecule has 0 aliphatic carbocycles. The minimum Gasteiger partial charge on any atom is -0.356 e. The van der Waals surface area contributed by atoms with Gasteiger partial charge in [0.2, 0.25) is 0 Å². The van der Waals surface area contributed by atoms with Gasteiger partial charge in [0.05, 0.1) is 0 Å². The van der Waals surface area contributed by atoms with E-state index in [9.17, 15) is 0 Å². The van der Waals surface area contributed by atoms with Crippen LogP contribution in [0.2, 0.25) is 0 Å². The van der Waals surface area contributed by atoms with Crippen LogP contribution >= 0.6 is 24.0 Å². The molecule has 0 radical (unpaired) electrons. The van der Waals surface area contributed by atoms with Gasteiger partial charge in [-0.3, -0.25) is 4.99 Å². The van der Waals surface area contributed by atoms with E-state index in [1.165, 1.54) is 116 Å². The molecule has 162 valence electrons. The first-order valence-corrected chi connectivity index (χ1v) is 12.0. The maximum absolute atomic E-state index is 4.53. The summed E-state index contributed by atoms with van der Waals surface area (Å²) in [5, 5.41) is 6.83. The average Bonchev–Trinajstić information content (AvgIpc) is 2.93. The molecule has 0 aromatic heterocycles. The predicted molar refractivity (Wildman–Crippen MR) is 133 cm³/mol. The standard InChI is InChI=1S/C23H47N3.HI/c1-2-3-4-5-6-7-8-9-10-11-12-13-14-15-16-17-20-24-23-25-21-18-19-22-26-23;/h2-22H2,1H3,(H2,24,25,26);1H. The van der Waals surface area contributed by atoms with Gasteiger partial charge in [-0.05, 0) is 19.3 Å². The zero-order valence-corrected chi connectivity index (χ0v) is 20.5. The molecule has 2 N–H and O–H groups in total. The number of unbranched alkanes of at least 4 members (excludes halogenated alkanes) is 15. The highest BCUT2D eigenvalue weighted by molar-refractivity contribution is 14.0. The third-order valence-electron chi connectivity index (χ3n) is 5.47. The number of nitrogens with zero attached hydrogens (tertiary/aromatic N) is 1. The highest BCUT2D eigenvalue weighted by atomic mass is 127. The lowest BCUT2D eigenvalue weighted by molar-refractivity contribution is 0.529. The van der Waals surface area contributed by atoms with Gasteiger partial charge in [-0.1, -0.05) is 103 Å². The molecule has 0 aromatic carbocycles. The average molecular weight is 494 g/mol. The van der Waals surface area contributed by atoms with Gasteiger partial charge in [0.25, 0.3) is 0 Å². The van der Waals surface area contributed by atoms with E-state index in [0.29, 0.717) is 0 Å². The summed E-state index contributed by atoms with van der Waals surface area (Å²) in [5.74, 6) is 1.03. The molecule has 1 rings (SSSR count). The van der Waals surface area contributed by atoms with Crippen molar-refractivity contribution in [1.29, 1.82) is 0 Å². The summed E-state index contributed by atoms with van der Waals surface area (Å²) >= 11 is 0. The summed E-state index contributed by atoms with van der Waals surface area (Å²) in [6.45, 7) is 5.42. The summed E-state index contributed by atoms with van der Waals surface area (Å²) in [6.07, 6.45) is 25.4. The molecule has 0 spiro atoms. The van der Waals surface area contributed by atoms with E-state index in [-0.39, 0.29) is 24.0 Å². The van der Waals surface area contributed by atoms with Gasteiger partial charge in [-0.15, -0.1) is 24.0 Å². The van der Waals surface area contributed by atoms with E-state index < -0.39 is 0 Å². The van der Waals surface area contributed by atoms with E-state index in [2.05, 4.69) is 22.5 Å². The summed E-state index contributed by atoms with van der Waals surface area (Å²) < 4.78 is 0. The molecule has 0 amide bonds. The fourth-order valence-corrected chi connectivity index (χ4v) is 3.69. The summed E-state index contributed by atoms with van der Waals surface area (Å²) in [4.78, 5) is 4.53. The Morgan fingerprint density at radius 2 is 1.19 bits per heavy atom. The van der Waals surface area contributed by atoms with E-state index in [4.69, 9.17) is 0 Å². The van der Waals surface area contributed by atoms with Crippen LogP contribution in [0.25, 0.3) is 0 Å². The van der Waals surface area contributed by atoms with E-state index in [1.807, 2.05) is 0 Å². The van der Waals surface area contributed by atoms with Gasteiger partial charge < -0.3 is 10.6 Å². The normalized spacial score (nSPS) is 14.0. The summed E-state index contributed by atoms with van der Waals surface area (Å²) in [5.41, 5.74) is 0. The smallest absolute Gasteiger partial charge is 0.191 e. The zero-order valence-electron chi connectivity index (χ0n) is 18.2. The number of rotatable bonds is 17. The van der Waals surface area contributed by atoms with Crippen LogP contribution in [-0.4, -0.2) is 25.6 Å². The van der Waals surface area contributed by atoms with Crippen molar-refractivity contribution in [2.45, 2.75) is 122 Å². The van der Waals surface area contributed by atoms with Crippen LogP contribution in [0.15, 0.2) is 4.99 Å². The second-order valence-electron chi connectivity index (χ2n) is 8.09. The number of aliphatic imine (C=N–C) groups is 1. The van der Waals surface area contributed by atoms with Gasteiger partial charge >= 0.3 is 0 Å². The molecule has 3 nitrogen and oxygen atoms in total. The van der Waals surface area contributed by atoms with Crippen LogP contribution in [0.4, 0.5) is 0 Å². The molecule has 4 heteroatoms. The van der Waals surface area contributed by atoms with Gasteiger partial charge in [-0.25, -0.2) is 0 Å². The Bertz CT molecular complexity index is 321. The first-order valence-electron chi connectivity index (χ1n) is 12.0. The summed E-state index contributed by atoms with van der Waals surface area (Å²) in [6, 6.07) is 0. The minimum absolute atomic E-state index is 0. The molecule has 27 heavy (non-hydrogen) atoms. The third-order valence-corrected chi connectivity index (χ3v) is 5.47. The van der Waals surface area contributed by atoms with Crippen LogP contribution in [-0.2, 0) is 0 Å². The van der Waals surface area contributed by atoms with Gasteiger partial charge in [-0.2, -0.15) is 0 Å². The summed E-state index contributed by atoms with van der Waals surface area (Å²) in [7, 11) is 0. The number of nitrogens with one attached hydrogen (secondary N) is 2. The predicted octanol–water partition coefficient (Wildman–Crippen LogP) is 7.19. The lowest BCUT2D eigenvalue weighted by Gasteiger charge is -2.09. The SMILES string of the molecule is CCCCCCCCCCCCCCCCCCNC1=NCCCCN1.I. The van der Waals surface area contributed by atoms with Crippen LogP contribution in [0.5, 0.6) is 0 Å². The van der Waals surface area contributed by atoms with Crippen molar-refractivity contribution in [3.63, 3.8) is 0 Å². The van der Waals surface area contributed by atoms with Gasteiger partial charge in [0, 0.05) is 19.6 Å². The van der Waals surface area contributed by atoms with Crippen molar-refractivity contribution in [1.82, 2.24) is 10.6 Å². The Kier molecular flexibility index (Phi) is 22.3. The molecule has 0 unspecified atom stereocenters. The Balaban J connectivity index is 0.00000676. The Morgan fingerprint density at radius 3 is 1.70 bits per heavy atom. The van der Waals surface area contributed by atoms with Gasteiger partial charge in [0.15, 0.2) is 5.96 Å². The van der Waals surface area contributed by atoms with Crippen molar-refractivity contribution < 1.29 is 0 Å². The van der Waals surface area contributed by atoms with Crippen molar-refractivity contribution in [3.05, 3.63) is 0 Å². The van der Waals surface area contributed by atoms with Crippen LogP contribution < -0.4 is 10.6 Å². The third kappa shape index (κ3) is 19.1. The van der Waals surface area contributed by atoms with Crippen molar-refractivity contribution in [3.8, 4) is 0 Å². The molecule has 1 aliphatic rings. The van der Waals surface area contributed by atoms with E-state index >= 15 is 0 Å². The molecule has 0 aromatic rings. The topological polar surface area (TPSA) is 36.4 Å². The number of hydrogen-bond acceptors (Lipinski definition) is 3. The van der Waals surface area contributed by atoms with Crippen LogP contribution in [0.3, 0.4) is 0 Å². The van der Waals surface area contributed by atoms with E-state index in [1.54, 1.807) is 0 Å². The highest BCUT2D eigenvalue weighted by Gasteiger charge is 2.01. The fourth-order valence-electron chi connectivity index (χ4n) is 3.69. The Labute approximate surface area is 187 Å². The number of halogens is 1. The number of guanidine groups is 1. The fraction of sp³-hybridized carbons (Fsp3) is 0.957. The van der Waals surface area contributed by atoms with Crippen molar-refractivity contribution in [2.24, 2.45) is 4.99 Å². The van der Waals surface area contributed by atoms with Gasteiger partial charge in [0.1, 0.15) is 0 Å².